The first-order valence-electron chi connectivity index (χ1n) is 7.48. The van der Waals surface area contributed by atoms with Gasteiger partial charge in [0.15, 0.2) is 0 Å². The van der Waals surface area contributed by atoms with E-state index in [0.717, 1.165) is 44.0 Å². The second-order valence-corrected chi connectivity index (χ2v) is 5.57. The maximum absolute atomic E-state index is 11.5. The van der Waals surface area contributed by atoms with Crippen molar-refractivity contribution in [2.75, 3.05) is 18.4 Å². The molecule has 22 heavy (non-hydrogen) atoms. The van der Waals surface area contributed by atoms with Crippen LogP contribution in [-0.4, -0.2) is 43.6 Å². The molecule has 1 saturated heterocycles. The summed E-state index contributed by atoms with van der Waals surface area (Å²) in [4.78, 5) is 25.8. The molecule has 0 aromatic carbocycles. The average Bonchev–Trinajstić information content (AvgIpc) is 2.55. The first kappa shape index (κ1) is 14.6. The zero-order valence-corrected chi connectivity index (χ0v) is 12.6. The topological polar surface area (TPSA) is 75.9 Å². The molecule has 1 aliphatic rings. The van der Waals surface area contributed by atoms with Gasteiger partial charge < -0.3 is 5.32 Å². The van der Waals surface area contributed by atoms with Gasteiger partial charge in [-0.15, -0.1) is 0 Å². The molecule has 7 heteroatoms. The lowest BCUT2D eigenvalue weighted by molar-refractivity contribution is 0.206. The van der Waals surface area contributed by atoms with E-state index in [9.17, 15) is 4.79 Å². The van der Waals surface area contributed by atoms with E-state index < -0.39 is 0 Å². The molecular formula is C15H20N6O. The molecule has 0 bridgehead atoms. The standard InChI is InChI=1S/C15H20N6O/c1-20-13(2-7-17-15(20)22)10-21-8-4-12(5-9-21)19-14-3-6-16-11-18-14/h2-3,6-7,11-12H,4-5,8-10H2,1H3,(H,16,18,19). The fourth-order valence-electron chi connectivity index (χ4n) is 2.72. The molecule has 3 heterocycles. The molecule has 116 valence electrons. The largest absolute Gasteiger partial charge is 0.367 e. The third-order valence-electron chi connectivity index (χ3n) is 4.08. The van der Waals surface area contributed by atoms with E-state index in [-0.39, 0.29) is 5.69 Å². The Labute approximate surface area is 129 Å². The van der Waals surface area contributed by atoms with Gasteiger partial charge in [0.1, 0.15) is 12.1 Å². The Hall–Kier alpha value is -2.28. The minimum absolute atomic E-state index is 0.196. The van der Waals surface area contributed by atoms with Crippen molar-refractivity contribution < 1.29 is 0 Å². The number of likely N-dealkylation sites (tertiary alicyclic amines) is 1. The van der Waals surface area contributed by atoms with Gasteiger partial charge in [-0.2, -0.15) is 0 Å². The summed E-state index contributed by atoms with van der Waals surface area (Å²) in [5.41, 5.74) is 0.806. The Morgan fingerprint density at radius 1 is 1.23 bits per heavy atom. The number of aromatic nitrogens is 4. The van der Waals surface area contributed by atoms with Crippen LogP contribution in [0.4, 0.5) is 5.82 Å². The Morgan fingerprint density at radius 3 is 2.77 bits per heavy atom. The predicted octanol–water partition coefficient (Wildman–Crippen LogP) is 0.647. The number of hydrogen-bond donors (Lipinski definition) is 1. The predicted molar refractivity (Wildman–Crippen MR) is 83.4 cm³/mol. The van der Waals surface area contributed by atoms with E-state index in [1.165, 1.54) is 0 Å². The third-order valence-corrected chi connectivity index (χ3v) is 4.08. The van der Waals surface area contributed by atoms with Gasteiger partial charge in [0.05, 0.1) is 0 Å². The molecule has 2 aromatic heterocycles. The van der Waals surface area contributed by atoms with Crippen LogP contribution in [0.25, 0.3) is 0 Å². The second kappa shape index (κ2) is 6.65. The molecule has 0 unspecified atom stereocenters. The van der Waals surface area contributed by atoms with E-state index >= 15 is 0 Å². The number of nitrogens with zero attached hydrogens (tertiary/aromatic N) is 5. The van der Waals surface area contributed by atoms with E-state index in [1.54, 1.807) is 30.3 Å². The van der Waals surface area contributed by atoms with Crippen LogP contribution in [0.3, 0.4) is 0 Å². The normalized spacial score (nSPS) is 16.6. The fourth-order valence-corrected chi connectivity index (χ4v) is 2.72. The van der Waals surface area contributed by atoms with Crippen LogP contribution in [-0.2, 0) is 13.6 Å². The van der Waals surface area contributed by atoms with E-state index in [1.807, 2.05) is 12.1 Å². The van der Waals surface area contributed by atoms with Gasteiger partial charge in [0.25, 0.3) is 0 Å². The van der Waals surface area contributed by atoms with Crippen LogP contribution in [0, 0.1) is 0 Å². The van der Waals surface area contributed by atoms with Crippen molar-refractivity contribution >= 4 is 5.82 Å². The van der Waals surface area contributed by atoms with Crippen LogP contribution in [0.15, 0.2) is 35.6 Å². The zero-order valence-electron chi connectivity index (χ0n) is 12.6. The molecule has 7 nitrogen and oxygen atoms in total. The summed E-state index contributed by atoms with van der Waals surface area (Å²) in [6, 6.07) is 4.23. The van der Waals surface area contributed by atoms with E-state index in [4.69, 9.17) is 0 Å². The first-order chi connectivity index (χ1) is 10.7. The monoisotopic (exact) mass is 300 g/mol. The lowest BCUT2D eigenvalue weighted by Crippen LogP contribution is -2.39. The summed E-state index contributed by atoms with van der Waals surface area (Å²) in [7, 11) is 1.77. The number of nitrogens with one attached hydrogen (secondary N) is 1. The molecule has 0 aliphatic carbocycles. The summed E-state index contributed by atoms with van der Waals surface area (Å²) in [5, 5.41) is 3.44. The minimum atomic E-state index is -0.196. The van der Waals surface area contributed by atoms with Crippen LogP contribution >= 0.6 is 0 Å². The van der Waals surface area contributed by atoms with Crippen molar-refractivity contribution in [2.24, 2.45) is 7.05 Å². The van der Waals surface area contributed by atoms with Gasteiger partial charge in [-0.05, 0) is 25.0 Å². The highest BCUT2D eigenvalue weighted by molar-refractivity contribution is 5.33. The Kier molecular flexibility index (Phi) is 4.43. The van der Waals surface area contributed by atoms with Crippen molar-refractivity contribution in [3.63, 3.8) is 0 Å². The molecule has 0 atom stereocenters. The first-order valence-corrected chi connectivity index (χ1v) is 7.48. The van der Waals surface area contributed by atoms with Crippen LogP contribution in [0.1, 0.15) is 18.5 Å². The highest BCUT2D eigenvalue weighted by Gasteiger charge is 2.20. The summed E-state index contributed by atoms with van der Waals surface area (Å²) in [6.07, 6.45) is 7.00. The van der Waals surface area contributed by atoms with Gasteiger partial charge in [-0.25, -0.2) is 19.7 Å². The van der Waals surface area contributed by atoms with Crippen LogP contribution in [0.2, 0.25) is 0 Å². The molecule has 1 N–H and O–H groups in total. The molecule has 3 rings (SSSR count). The Morgan fingerprint density at radius 2 is 2.05 bits per heavy atom. The molecule has 1 aliphatic heterocycles. The highest BCUT2D eigenvalue weighted by atomic mass is 16.1. The quantitative estimate of drug-likeness (QED) is 0.893. The van der Waals surface area contributed by atoms with Gasteiger partial charge in [-0.1, -0.05) is 0 Å². The van der Waals surface area contributed by atoms with Crippen molar-refractivity contribution in [1.29, 1.82) is 0 Å². The molecular weight excluding hydrogens is 280 g/mol. The molecule has 0 amide bonds. The van der Waals surface area contributed by atoms with Gasteiger partial charge in [0.2, 0.25) is 0 Å². The van der Waals surface area contributed by atoms with Crippen molar-refractivity contribution in [3.05, 3.63) is 47.0 Å². The van der Waals surface area contributed by atoms with E-state index in [2.05, 4.69) is 25.2 Å². The SMILES string of the molecule is Cn1c(CN2CCC(Nc3ccncn3)CC2)ccnc1=O. The van der Waals surface area contributed by atoms with Gasteiger partial charge in [-0.3, -0.25) is 9.47 Å². The summed E-state index contributed by atoms with van der Waals surface area (Å²) < 4.78 is 1.62. The molecule has 0 saturated carbocycles. The zero-order chi connectivity index (χ0) is 15.4. The maximum atomic E-state index is 11.5. The lowest BCUT2D eigenvalue weighted by Gasteiger charge is -2.32. The third kappa shape index (κ3) is 3.48. The van der Waals surface area contributed by atoms with Gasteiger partial charge >= 0.3 is 5.69 Å². The average molecular weight is 300 g/mol. The van der Waals surface area contributed by atoms with Crippen LogP contribution < -0.4 is 11.0 Å². The second-order valence-electron chi connectivity index (χ2n) is 5.57. The molecule has 0 radical (unpaired) electrons. The molecule has 2 aromatic rings. The lowest BCUT2D eigenvalue weighted by atomic mass is 10.0. The van der Waals surface area contributed by atoms with Crippen molar-refractivity contribution in [2.45, 2.75) is 25.4 Å². The van der Waals surface area contributed by atoms with Gasteiger partial charge in [0, 0.05) is 50.8 Å². The number of rotatable bonds is 4. The number of hydrogen-bond acceptors (Lipinski definition) is 6. The van der Waals surface area contributed by atoms with E-state index in [0.29, 0.717) is 6.04 Å². The summed E-state index contributed by atoms with van der Waals surface area (Å²) in [5.74, 6) is 0.880. The smallest absolute Gasteiger partial charge is 0.347 e. The maximum Gasteiger partial charge on any atom is 0.347 e. The molecule has 0 spiro atoms. The molecule has 1 fully saturated rings. The van der Waals surface area contributed by atoms with Crippen molar-refractivity contribution in [1.82, 2.24) is 24.4 Å². The summed E-state index contributed by atoms with van der Waals surface area (Å²) >= 11 is 0. The van der Waals surface area contributed by atoms with Crippen molar-refractivity contribution in [3.8, 4) is 0 Å². The number of piperidine rings is 1. The summed E-state index contributed by atoms with van der Waals surface area (Å²) in [6.45, 7) is 2.78. The Bertz CT molecular complexity index is 663. The fraction of sp³-hybridized carbons (Fsp3) is 0.467. The minimum Gasteiger partial charge on any atom is -0.367 e. The van der Waals surface area contributed by atoms with Crippen LogP contribution in [0.5, 0.6) is 0 Å². The highest BCUT2D eigenvalue weighted by Crippen LogP contribution is 2.16. The number of anilines is 1. The Balaban J connectivity index is 1.54.